The number of nitrogens with one attached hydrogen (secondary N) is 1. The Labute approximate surface area is 113 Å². The van der Waals surface area contributed by atoms with Gasteiger partial charge in [0.2, 0.25) is 5.89 Å². The number of hydrogen-bond acceptors (Lipinski definition) is 6. The molecule has 0 saturated heterocycles. The minimum absolute atomic E-state index is 0.00880. The van der Waals surface area contributed by atoms with Crippen molar-refractivity contribution < 1.29 is 12.8 Å². The highest BCUT2D eigenvalue weighted by atomic mass is 35.5. The van der Waals surface area contributed by atoms with Crippen LogP contribution < -0.4 is 4.72 Å². The van der Waals surface area contributed by atoms with Crippen LogP contribution in [-0.4, -0.2) is 18.4 Å². The van der Waals surface area contributed by atoms with E-state index >= 15 is 0 Å². The lowest BCUT2D eigenvalue weighted by molar-refractivity contribution is 0.463. The molecule has 6 nitrogen and oxygen atoms in total. The number of hydrogen-bond donors (Lipinski definition) is 1. The monoisotopic (exact) mass is 307 g/mol. The summed E-state index contributed by atoms with van der Waals surface area (Å²) in [6.45, 7) is 3.31. The molecule has 0 spiro atoms. The van der Waals surface area contributed by atoms with Crippen LogP contribution in [-0.2, 0) is 16.6 Å². The number of aryl methyl sites for hydroxylation is 2. The summed E-state index contributed by atoms with van der Waals surface area (Å²) in [5.41, 5.74) is 0.376. The maximum absolute atomic E-state index is 12.0. The molecule has 2 aromatic heterocycles. The zero-order chi connectivity index (χ0) is 13.3. The van der Waals surface area contributed by atoms with Crippen LogP contribution >= 0.6 is 22.9 Å². The predicted octanol–water partition coefficient (Wildman–Crippen LogP) is 1.88. The highest BCUT2D eigenvalue weighted by Gasteiger charge is 2.21. The van der Waals surface area contributed by atoms with Gasteiger partial charge in [-0.1, -0.05) is 22.9 Å². The first kappa shape index (κ1) is 13.5. The molecule has 98 valence electrons. The fourth-order valence-electron chi connectivity index (χ4n) is 1.31. The molecule has 0 unspecified atom stereocenters. The molecule has 0 bridgehead atoms. The maximum atomic E-state index is 12.0. The van der Waals surface area contributed by atoms with E-state index in [-0.39, 0.29) is 15.2 Å². The molecule has 2 heterocycles. The van der Waals surface area contributed by atoms with Crippen molar-refractivity contribution in [1.29, 1.82) is 0 Å². The molecule has 0 saturated carbocycles. The molecular weight excluding hydrogens is 298 g/mol. The second kappa shape index (κ2) is 4.96. The first-order valence-corrected chi connectivity index (χ1v) is 7.60. The van der Waals surface area contributed by atoms with Crippen molar-refractivity contribution in [3.63, 3.8) is 0 Å². The standard InChI is InChI=1S/C9H10ClN3O3S2/c1-5-3-11-7(16-5)4-12-18(14,15)8-6(2)13-9(10)17-8/h3,12H,4H2,1-2H3. The minimum atomic E-state index is -3.64. The zero-order valence-corrected chi connectivity index (χ0v) is 12.0. The number of rotatable bonds is 4. The molecule has 9 heteroatoms. The summed E-state index contributed by atoms with van der Waals surface area (Å²) in [6, 6.07) is 0. The van der Waals surface area contributed by atoms with Gasteiger partial charge in [-0.05, 0) is 13.8 Å². The molecule has 0 aromatic carbocycles. The number of nitrogens with zero attached hydrogens (tertiary/aromatic N) is 2. The van der Waals surface area contributed by atoms with E-state index in [1.165, 1.54) is 6.20 Å². The Morgan fingerprint density at radius 3 is 2.72 bits per heavy atom. The van der Waals surface area contributed by atoms with Gasteiger partial charge in [0.1, 0.15) is 5.76 Å². The first-order chi connectivity index (χ1) is 8.38. The second-order valence-electron chi connectivity index (χ2n) is 3.53. The molecule has 0 aliphatic rings. The van der Waals surface area contributed by atoms with Crippen LogP contribution in [0.5, 0.6) is 0 Å². The molecule has 0 amide bonds. The molecule has 0 fully saturated rings. The largest absolute Gasteiger partial charge is 0.445 e. The third-order valence-electron chi connectivity index (χ3n) is 2.05. The summed E-state index contributed by atoms with van der Waals surface area (Å²) in [7, 11) is -3.64. The lowest BCUT2D eigenvalue weighted by Gasteiger charge is -2.02. The lowest BCUT2D eigenvalue weighted by Crippen LogP contribution is -2.23. The smallest absolute Gasteiger partial charge is 0.252 e. The average molecular weight is 308 g/mol. The van der Waals surface area contributed by atoms with Gasteiger partial charge in [0.05, 0.1) is 18.4 Å². The summed E-state index contributed by atoms with van der Waals surface area (Å²) in [6.07, 6.45) is 1.53. The van der Waals surface area contributed by atoms with E-state index in [2.05, 4.69) is 14.7 Å². The zero-order valence-electron chi connectivity index (χ0n) is 9.60. The normalized spacial score (nSPS) is 11.9. The van der Waals surface area contributed by atoms with Crippen LogP contribution in [0.2, 0.25) is 4.47 Å². The van der Waals surface area contributed by atoms with Gasteiger partial charge in [0.15, 0.2) is 8.68 Å². The molecule has 0 aliphatic carbocycles. The third-order valence-corrected chi connectivity index (χ3v) is 5.33. The Morgan fingerprint density at radius 2 is 2.22 bits per heavy atom. The predicted molar refractivity (Wildman–Crippen MR) is 67.1 cm³/mol. The summed E-state index contributed by atoms with van der Waals surface area (Å²) >= 11 is 6.59. The molecule has 18 heavy (non-hydrogen) atoms. The molecule has 0 aliphatic heterocycles. The van der Waals surface area contributed by atoms with Gasteiger partial charge in [-0.2, -0.15) is 0 Å². The van der Waals surface area contributed by atoms with Gasteiger partial charge < -0.3 is 4.42 Å². The molecule has 2 rings (SSSR count). The van der Waals surface area contributed by atoms with Gasteiger partial charge in [-0.3, -0.25) is 0 Å². The van der Waals surface area contributed by atoms with Crippen LogP contribution in [0.1, 0.15) is 17.3 Å². The maximum Gasteiger partial charge on any atom is 0.252 e. The lowest BCUT2D eigenvalue weighted by atomic mass is 10.6. The van der Waals surface area contributed by atoms with E-state index in [9.17, 15) is 8.42 Å². The van der Waals surface area contributed by atoms with Crippen molar-refractivity contribution in [3.05, 3.63) is 28.0 Å². The second-order valence-corrected chi connectivity index (χ2v) is 7.07. The van der Waals surface area contributed by atoms with Gasteiger partial charge in [0.25, 0.3) is 10.0 Å². The SMILES string of the molecule is Cc1cnc(CNS(=O)(=O)c2sc(Cl)nc2C)o1. The van der Waals surface area contributed by atoms with Crippen LogP contribution in [0.15, 0.2) is 14.8 Å². The number of halogens is 1. The van der Waals surface area contributed by atoms with Crippen molar-refractivity contribution in [3.8, 4) is 0 Å². The van der Waals surface area contributed by atoms with E-state index in [0.717, 1.165) is 11.3 Å². The van der Waals surface area contributed by atoms with Crippen molar-refractivity contribution in [2.24, 2.45) is 0 Å². The van der Waals surface area contributed by atoms with Crippen LogP contribution in [0.25, 0.3) is 0 Å². The molecule has 2 aromatic rings. The molecule has 1 N–H and O–H groups in total. The van der Waals surface area contributed by atoms with Gasteiger partial charge >= 0.3 is 0 Å². The molecular formula is C9H10ClN3O3S2. The molecule has 0 radical (unpaired) electrons. The third kappa shape index (κ3) is 2.89. The number of aromatic nitrogens is 2. The van der Waals surface area contributed by atoms with Crippen LogP contribution in [0, 0.1) is 13.8 Å². The van der Waals surface area contributed by atoms with Gasteiger partial charge in [-0.25, -0.2) is 23.1 Å². The fraction of sp³-hybridized carbons (Fsp3) is 0.333. The highest BCUT2D eigenvalue weighted by molar-refractivity contribution is 7.91. The Kier molecular flexibility index (Phi) is 3.71. The molecule has 0 atom stereocenters. The van der Waals surface area contributed by atoms with Crippen molar-refractivity contribution in [2.45, 2.75) is 24.6 Å². The van der Waals surface area contributed by atoms with Crippen molar-refractivity contribution in [2.75, 3.05) is 0 Å². The topological polar surface area (TPSA) is 85.1 Å². The number of oxazole rings is 1. The first-order valence-electron chi connectivity index (χ1n) is 4.92. The van der Waals surface area contributed by atoms with Gasteiger partial charge in [0, 0.05) is 0 Å². The Morgan fingerprint density at radius 1 is 1.50 bits per heavy atom. The van der Waals surface area contributed by atoms with E-state index in [1.54, 1.807) is 13.8 Å². The van der Waals surface area contributed by atoms with E-state index in [4.69, 9.17) is 16.0 Å². The Hall–Kier alpha value is -0.960. The van der Waals surface area contributed by atoms with Crippen LogP contribution in [0.3, 0.4) is 0 Å². The summed E-state index contributed by atoms with van der Waals surface area (Å²) < 4.78 is 31.8. The number of sulfonamides is 1. The minimum Gasteiger partial charge on any atom is -0.445 e. The van der Waals surface area contributed by atoms with Crippen LogP contribution in [0.4, 0.5) is 0 Å². The summed E-state index contributed by atoms with van der Waals surface area (Å²) in [5.74, 6) is 0.936. The van der Waals surface area contributed by atoms with Crippen molar-refractivity contribution in [1.82, 2.24) is 14.7 Å². The van der Waals surface area contributed by atoms with Gasteiger partial charge in [-0.15, -0.1) is 0 Å². The Bertz CT molecular complexity index is 662. The fourth-order valence-corrected chi connectivity index (χ4v) is 4.06. The van der Waals surface area contributed by atoms with E-state index < -0.39 is 10.0 Å². The Balaban J connectivity index is 2.15. The highest BCUT2D eigenvalue weighted by Crippen LogP contribution is 2.26. The average Bonchev–Trinajstić information content (AvgIpc) is 2.82. The van der Waals surface area contributed by atoms with E-state index in [0.29, 0.717) is 17.3 Å². The van der Waals surface area contributed by atoms with Crippen molar-refractivity contribution >= 4 is 33.0 Å². The summed E-state index contributed by atoms with van der Waals surface area (Å²) in [4.78, 5) is 7.77. The quantitative estimate of drug-likeness (QED) is 0.932. The summed E-state index contributed by atoms with van der Waals surface area (Å²) in [5, 5.41) is 0. The number of thiazole rings is 1. The van der Waals surface area contributed by atoms with E-state index in [1.807, 2.05) is 0 Å².